The van der Waals surface area contributed by atoms with Gasteiger partial charge in [0.25, 0.3) is 5.91 Å². The molecule has 132 valence electrons. The molecule has 0 spiro atoms. The molecule has 2 amide bonds. The van der Waals surface area contributed by atoms with E-state index in [1.54, 1.807) is 19.2 Å². The maximum absolute atomic E-state index is 12.5. The zero-order valence-electron chi connectivity index (χ0n) is 14.4. The molecule has 1 heterocycles. The molecule has 0 bridgehead atoms. The Kier molecular flexibility index (Phi) is 5.28. The van der Waals surface area contributed by atoms with Crippen LogP contribution in [0.4, 0.5) is 5.82 Å². The van der Waals surface area contributed by atoms with Crippen molar-refractivity contribution >= 4 is 28.4 Å². The lowest BCUT2D eigenvalue weighted by atomic mass is 9.95. The number of aromatic nitrogens is 1. The SMILES string of the molecule is CC(N)C(=O)Nc1nccc2cc(C(=O)NC3CCCCC3)ccc12. The maximum Gasteiger partial charge on any atom is 0.251 e. The number of benzene rings is 1. The fourth-order valence-corrected chi connectivity index (χ4v) is 3.16. The van der Waals surface area contributed by atoms with Gasteiger partial charge >= 0.3 is 0 Å². The molecule has 1 aliphatic carbocycles. The summed E-state index contributed by atoms with van der Waals surface area (Å²) in [7, 11) is 0. The van der Waals surface area contributed by atoms with Crippen molar-refractivity contribution in [3.8, 4) is 0 Å². The van der Waals surface area contributed by atoms with Crippen molar-refractivity contribution in [3.05, 3.63) is 36.0 Å². The number of amides is 2. The second-order valence-electron chi connectivity index (χ2n) is 6.68. The van der Waals surface area contributed by atoms with Crippen molar-refractivity contribution in [2.24, 2.45) is 5.73 Å². The van der Waals surface area contributed by atoms with Crippen molar-refractivity contribution in [2.75, 3.05) is 5.32 Å². The summed E-state index contributed by atoms with van der Waals surface area (Å²) in [4.78, 5) is 28.5. The smallest absolute Gasteiger partial charge is 0.251 e. The van der Waals surface area contributed by atoms with Crippen LogP contribution in [-0.2, 0) is 4.79 Å². The molecule has 3 rings (SSSR count). The molecular formula is C19H24N4O2. The first-order valence-corrected chi connectivity index (χ1v) is 8.80. The highest BCUT2D eigenvalue weighted by atomic mass is 16.2. The first-order chi connectivity index (χ1) is 12.0. The van der Waals surface area contributed by atoms with Crippen LogP contribution < -0.4 is 16.4 Å². The van der Waals surface area contributed by atoms with E-state index in [1.807, 2.05) is 18.2 Å². The summed E-state index contributed by atoms with van der Waals surface area (Å²) in [6.07, 6.45) is 7.33. The van der Waals surface area contributed by atoms with Crippen molar-refractivity contribution in [1.29, 1.82) is 0 Å². The standard InChI is InChI=1S/C19H24N4O2/c1-12(20)18(24)23-17-16-8-7-14(11-13(16)9-10-21-17)19(25)22-15-5-3-2-4-6-15/h7-12,15H,2-6,20H2,1H3,(H,22,25)(H,21,23,24). The molecule has 0 radical (unpaired) electrons. The summed E-state index contributed by atoms with van der Waals surface area (Å²) < 4.78 is 0. The fraction of sp³-hybridized carbons (Fsp3) is 0.421. The van der Waals surface area contributed by atoms with Crippen molar-refractivity contribution in [1.82, 2.24) is 10.3 Å². The Hall–Kier alpha value is -2.47. The molecule has 1 aromatic heterocycles. The number of carbonyl (C=O) groups excluding carboxylic acids is 2. The minimum absolute atomic E-state index is 0.0493. The molecule has 1 unspecified atom stereocenters. The first kappa shape index (κ1) is 17.4. The number of fused-ring (bicyclic) bond motifs is 1. The fourth-order valence-electron chi connectivity index (χ4n) is 3.16. The molecule has 0 saturated heterocycles. The third-order valence-electron chi connectivity index (χ3n) is 4.62. The normalized spacial score (nSPS) is 16.4. The second-order valence-corrected chi connectivity index (χ2v) is 6.68. The zero-order chi connectivity index (χ0) is 17.8. The quantitative estimate of drug-likeness (QED) is 0.797. The van der Waals surface area contributed by atoms with Gasteiger partial charge in [0, 0.05) is 23.2 Å². The highest BCUT2D eigenvalue weighted by molar-refractivity contribution is 6.04. The van der Waals surface area contributed by atoms with E-state index in [1.165, 1.54) is 19.3 Å². The van der Waals surface area contributed by atoms with Crippen LogP contribution in [-0.4, -0.2) is 28.9 Å². The van der Waals surface area contributed by atoms with Crippen LogP contribution in [0.15, 0.2) is 30.5 Å². The number of pyridine rings is 1. The molecule has 6 nitrogen and oxygen atoms in total. The van der Waals surface area contributed by atoms with Crippen molar-refractivity contribution in [2.45, 2.75) is 51.1 Å². The van der Waals surface area contributed by atoms with Gasteiger partial charge in [-0.05, 0) is 49.4 Å². The van der Waals surface area contributed by atoms with Gasteiger partial charge in [0.15, 0.2) is 0 Å². The monoisotopic (exact) mass is 340 g/mol. The maximum atomic E-state index is 12.5. The average Bonchev–Trinajstić information content (AvgIpc) is 2.62. The molecule has 1 saturated carbocycles. The van der Waals surface area contributed by atoms with Gasteiger partial charge in [0.2, 0.25) is 5.91 Å². The molecule has 25 heavy (non-hydrogen) atoms. The van der Waals surface area contributed by atoms with Gasteiger partial charge in [-0.15, -0.1) is 0 Å². The largest absolute Gasteiger partial charge is 0.349 e. The van der Waals surface area contributed by atoms with Crippen LogP contribution in [0.5, 0.6) is 0 Å². The Bertz CT molecular complexity index is 782. The number of anilines is 1. The van der Waals surface area contributed by atoms with E-state index in [2.05, 4.69) is 15.6 Å². The summed E-state index contributed by atoms with van der Waals surface area (Å²) in [5, 5.41) is 7.48. The van der Waals surface area contributed by atoms with E-state index in [-0.39, 0.29) is 17.9 Å². The summed E-state index contributed by atoms with van der Waals surface area (Å²) in [5.74, 6) is 0.116. The Morgan fingerprint density at radius 2 is 1.96 bits per heavy atom. The zero-order valence-corrected chi connectivity index (χ0v) is 14.4. The number of nitrogens with one attached hydrogen (secondary N) is 2. The lowest BCUT2D eigenvalue weighted by molar-refractivity contribution is -0.117. The average molecular weight is 340 g/mol. The molecule has 1 atom stereocenters. The molecule has 0 aliphatic heterocycles. The Balaban J connectivity index is 1.80. The third kappa shape index (κ3) is 4.14. The van der Waals surface area contributed by atoms with Crippen LogP contribution in [0.2, 0.25) is 0 Å². The number of hydrogen-bond acceptors (Lipinski definition) is 4. The van der Waals surface area contributed by atoms with Crippen molar-refractivity contribution in [3.63, 3.8) is 0 Å². The lowest BCUT2D eigenvalue weighted by Gasteiger charge is -2.22. The number of hydrogen-bond donors (Lipinski definition) is 3. The van der Waals surface area contributed by atoms with Crippen LogP contribution >= 0.6 is 0 Å². The molecule has 4 N–H and O–H groups in total. The van der Waals surface area contributed by atoms with Crippen LogP contribution in [0.1, 0.15) is 49.4 Å². The molecule has 1 fully saturated rings. The number of nitrogens with zero attached hydrogens (tertiary/aromatic N) is 1. The molecular weight excluding hydrogens is 316 g/mol. The van der Waals surface area contributed by atoms with E-state index < -0.39 is 6.04 Å². The summed E-state index contributed by atoms with van der Waals surface area (Å²) in [5.41, 5.74) is 6.21. The number of carbonyl (C=O) groups is 2. The van der Waals surface area contributed by atoms with Gasteiger partial charge < -0.3 is 16.4 Å². The van der Waals surface area contributed by atoms with Crippen LogP contribution in [0.25, 0.3) is 10.8 Å². The van der Waals surface area contributed by atoms with E-state index in [4.69, 9.17) is 5.73 Å². The van der Waals surface area contributed by atoms with E-state index in [0.29, 0.717) is 11.4 Å². The van der Waals surface area contributed by atoms with Crippen molar-refractivity contribution < 1.29 is 9.59 Å². The Morgan fingerprint density at radius 3 is 2.68 bits per heavy atom. The van der Waals surface area contributed by atoms with E-state index >= 15 is 0 Å². The van der Waals surface area contributed by atoms with Gasteiger partial charge in [-0.2, -0.15) is 0 Å². The third-order valence-corrected chi connectivity index (χ3v) is 4.62. The Labute approximate surface area is 147 Å². The molecule has 2 aromatic rings. The van der Waals surface area contributed by atoms with Crippen LogP contribution in [0, 0.1) is 0 Å². The second kappa shape index (κ2) is 7.61. The van der Waals surface area contributed by atoms with E-state index in [9.17, 15) is 9.59 Å². The van der Waals surface area contributed by atoms with Gasteiger partial charge in [0.05, 0.1) is 6.04 Å². The minimum atomic E-state index is -0.613. The Morgan fingerprint density at radius 1 is 1.20 bits per heavy atom. The molecule has 6 heteroatoms. The summed E-state index contributed by atoms with van der Waals surface area (Å²) in [6, 6.07) is 6.90. The van der Waals surface area contributed by atoms with Gasteiger partial charge in [-0.1, -0.05) is 19.3 Å². The topological polar surface area (TPSA) is 97.1 Å². The van der Waals surface area contributed by atoms with Gasteiger partial charge in [-0.25, -0.2) is 4.98 Å². The summed E-state index contributed by atoms with van der Waals surface area (Å²) >= 11 is 0. The van der Waals surface area contributed by atoms with Gasteiger partial charge in [0.1, 0.15) is 5.82 Å². The van der Waals surface area contributed by atoms with Gasteiger partial charge in [-0.3, -0.25) is 9.59 Å². The highest BCUT2D eigenvalue weighted by Gasteiger charge is 2.17. The predicted molar refractivity (Wildman–Crippen MR) is 98.4 cm³/mol. The van der Waals surface area contributed by atoms with Crippen LogP contribution in [0.3, 0.4) is 0 Å². The summed E-state index contributed by atoms with van der Waals surface area (Å²) in [6.45, 7) is 1.62. The molecule has 1 aromatic carbocycles. The highest BCUT2D eigenvalue weighted by Crippen LogP contribution is 2.23. The lowest BCUT2D eigenvalue weighted by Crippen LogP contribution is -2.36. The number of rotatable bonds is 4. The minimum Gasteiger partial charge on any atom is -0.349 e. The number of nitrogens with two attached hydrogens (primary N) is 1. The molecule has 1 aliphatic rings. The van der Waals surface area contributed by atoms with E-state index in [0.717, 1.165) is 23.6 Å². The first-order valence-electron chi connectivity index (χ1n) is 8.80. The predicted octanol–water partition coefficient (Wildman–Crippen LogP) is 2.58.